The van der Waals surface area contributed by atoms with Gasteiger partial charge in [-0.3, -0.25) is 4.79 Å². The van der Waals surface area contributed by atoms with E-state index in [1.165, 1.54) is 0 Å². The molecule has 0 N–H and O–H groups in total. The number of hydrogen-bond acceptors (Lipinski definition) is 4. The van der Waals surface area contributed by atoms with Crippen molar-refractivity contribution in [2.24, 2.45) is 0 Å². The van der Waals surface area contributed by atoms with Gasteiger partial charge in [-0.25, -0.2) is 9.97 Å². The Bertz CT molecular complexity index is 700. The lowest BCUT2D eigenvalue weighted by molar-refractivity contribution is -0.133. The van der Waals surface area contributed by atoms with Gasteiger partial charge in [0.15, 0.2) is 0 Å². The van der Waals surface area contributed by atoms with Crippen LogP contribution in [0.5, 0.6) is 0 Å². The average Bonchev–Trinajstić information content (AvgIpc) is 2.61. The van der Waals surface area contributed by atoms with Crippen LogP contribution in [0.1, 0.15) is 23.2 Å². The molecule has 5 heteroatoms. The molecule has 2 heterocycles. The molecule has 2 aromatic rings. The summed E-state index contributed by atoms with van der Waals surface area (Å²) in [4.78, 5) is 22.6. The zero-order valence-corrected chi connectivity index (χ0v) is 13.1. The molecule has 5 nitrogen and oxygen atoms in total. The Hall–Kier alpha value is -2.53. The van der Waals surface area contributed by atoms with Crippen molar-refractivity contribution in [2.45, 2.75) is 13.0 Å². The number of aryl methyl sites for hydroxylation is 1. The van der Waals surface area contributed by atoms with Gasteiger partial charge in [-0.2, -0.15) is 0 Å². The molecular weight excluding hydrogens is 290 g/mol. The van der Waals surface area contributed by atoms with Gasteiger partial charge >= 0.3 is 0 Å². The number of ether oxygens (including phenoxy) is 1. The van der Waals surface area contributed by atoms with E-state index in [1.54, 1.807) is 17.2 Å². The van der Waals surface area contributed by atoms with Gasteiger partial charge in [0.2, 0.25) is 5.91 Å². The molecule has 1 saturated heterocycles. The average molecular weight is 309 g/mol. The van der Waals surface area contributed by atoms with E-state index in [1.807, 2.05) is 49.4 Å². The smallest absolute Gasteiger partial charge is 0.246 e. The van der Waals surface area contributed by atoms with Crippen LogP contribution in [-0.2, 0) is 9.53 Å². The first-order valence-electron chi connectivity index (χ1n) is 7.65. The van der Waals surface area contributed by atoms with Crippen LogP contribution >= 0.6 is 0 Å². The fourth-order valence-electron chi connectivity index (χ4n) is 2.52. The van der Waals surface area contributed by atoms with Gasteiger partial charge in [-0.15, -0.1) is 0 Å². The molecule has 0 saturated carbocycles. The summed E-state index contributed by atoms with van der Waals surface area (Å²) in [5, 5.41) is 0. The maximum atomic E-state index is 12.4. The van der Waals surface area contributed by atoms with Gasteiger partial charge in [0.1, 0.15) is 11.9 Å². The summed E-state index contributed by atoms with van der Waals surface area (Å²) in [6.45, 7) is 3.46. The minimum Gasteiger partial charge on any atom is -0.368 e. The van der Waals surface area contributed by atoms with Crippen LogP contribution < -0.4 is 0 Å². The van der Waals surface area contributed by atoms with Crippen LogP contribution in [0.4, 0.5) is 0 Å². The first kappa shape index (κ1) is 15.4. The lowest BCUT2D eigenvalue weighted by Crippen LogP contribution is -2.41. The Balaban J connectivity index is 1.66. The number of carbonyl (C=O) groups excluding carboxylic acids is 1. The summed E-state index contributed by atoms with van der Waals surface area (Å²) < 4.78 is 5.75. The van der Waals surface area contributed by atoms with E-state index in [4.69, 9.17) is 4.74 Å². The number of benzene rings is 1. The van der Waals surface area contributed by atoms with Crippen molar-refractivity contribution in [1.82, 2.24) is 14.9 Å². The minimum absolute atomic E-state index is 0.00655. The number of nitrogens with zero attached hydrogens (tertiary/aromatic N) is 3. The van der Waals surface area contributed by atoms with Gasteiger partial charge in [-0.1, -0.05) is 30.3 Å². The first-order chi connectivity index (χ1) is 11.2. The van der Waals surface area contributed by atoms with Crippen molar-refractivity contribution in [3.05, 3.63) is 65.8 Å². The van der Waals surface area contributed by atoms with Crippen LogP contribution in [0.3, 0.4) is 0 Å². The summed E-state index contributed by atoms with van der Waals surface area (Å²) in [6, 6.07) is 11.6. The van der Waals surface area contributed by atoms with Crippen molar-refractivity contribution in [1.29, 1.82) is 0 Å². The first-order valence-corrected chi connectivity index (χ1v) is 7.65. The second-order valence-corrected chi connectivity index (χ2v) is 5.42. The van der Waals surface area contributed by atoms with E-state index in [9.17, 15) is 4.79 Å². The molecule has 0 radical (unpaired) electrons. The molecule has 0 bridgehead atoms. The number of aromatic nitrogens is 2. The van der Waals surface area contributed by atoms with Crippen molar-refractivity contribution < 1.29 is 9.53 Å². The largest absolute Gasteiger partial charge is 0.368 e. The Morgan fingerprint density at radius 3 is 2.91 bits per heavy atom. The number of morpholine rings is 1. The molecule has 1 atom stereocenters. The van der Waals surface area contributed by atoms with Crippen molar-refractivity contribution >= 4 is 12.0 Å². The molecule has 0 spiro atoms. The van der Waals surface area contributed by atoms with Gasteiger partial charge in [0, 0.05) is 18.8 Å². The minimum atomic E-state index is -0.195. The van der Waals surface area contributed by atoms with Crippen LogP contribution in [0.15, 0.2) is 48.7 Å². The molecule has 23 heavy (non-hydrogen) atoms. The second kappa shape index (κ2) is 7.15. The zero-order valence-electron chi connectivity index (χ0n) is 13.1. The molecule has 118 valence electrons. The van der Waals surface area contributed by atoms with Crippen molar-refractivity contribution in [2.75, 3.05) is 19.7 Å². The lowest BCUT2D eigenvalue weighted by atomic mass is 10.2. The standard InChI is InChI=1S/C18H19N3O2/c1-14-19-10-9-16(20-14)17-13-21(11-12-23-17)18(22)8-7-15-5-3-2-4-6-15/h2-10,17H,11-13H2,1H3/b8-7+/t17-/m0/s1. The quantitative estimate of drug-likeness (QED) is 0.817. The van der Waals surface area contributed by atoms with Gasteiger partial charge in [-0.05, 0) is 24.6 Å². The van der Waals surface area contributed by atoms with E-state index in [-0.39, 0.29) is 12.0 Å². The molecule has 1 aliphatic heterocycles. The second-order valence-electron chi connectivity index (χ2n) is 5.42. The van der Waals surface area contributed by atoms with Crippen molar-refractivity contribution in [3.8, 4) is 0 Å². The number of amides is 1. The Morgan fingerprint density at radius 2 is 2.13 bits per heavy atom. The van der Waals surface area contributed by atoms with Crippen LogP contribution in [-0.4, -0.2) is 40.5 Å². The normalized spacial score (nSPS) is 18.3. The SMILES string of the molecule is Cc1nccc([C@@H]2CN(C(=O)/C=C/c3ccccc3)CCO2)n1. The van der Waals surface area contributed by atoms with Crippen molar-refractivity contribution in [3.63, 3.8) is 0 Å². The third-order valence-electron chi connectivity index (χ3n) is 3.72. The monoisotopic (exact) mass is 309 g/mol. The van der Waals surface area contributed by atoms with Gasteiger partial charge in [0.05, 0.1) is 18.8 Å². The van der Waals surface area contributed by atoms with Crippen LogP contribution in [0.2, 0.25) is 0 Å². The highest BCUT2D eigenvalue weighted by molar-refractivity contribution is 5.91. The number of hydrogen-bond donors (Lipinski definition) is 0. The van der Waals surface area contributed by atoms with Gasteiger partial charge < -0.3 is 9.64 Å². The fourth-order valence-corrected chi connectivity index (χ4v) is 2.52. The van der Waals surface area contributed by atoms with E-state index < -0.39 is 0 Å². The highest BCUT2D eigenvalue weighted by Crippen LogP contribution is 2.20. The zero-order chi connectivity index (χ0) is 16.1. The third kappa shape index (κ3) is 4.02. The lowest BCUT2D eigenvalue weighted by Gasteiger charge is -2.32. The highest BCUT2D eigenvalue weighted by Gasteiger charge is 2.25. The topological polar surface area (TPSA) is 55.3 Å². The molecule has 0 aliphatic carbocycles. The molecule has 1 fully saturated rings. The predicted molar refractivity (Wildman–Crippen MR) is 87.5 cm³/mol. The predicted octanol–water partition coefficient (Wildman–Crippen LogP) is 2.40. The summed E-state index contributed by atoms with van der Waals surface area (Å²) in [7, 11) is 0. The van der Waals surface area contributed by atoms with E-state index in [0.717, 1.165) is 11.3 Å². The number of carbonyl (C=O) groups is 1. The summed E-state index contributed by atoms with van der Waals surface area (Å²) in [5.74, 6) is 0.700. The molecular formula is C18H19N3O2. The summed E-state index contributed by atoms with van der Waals surface area (Å²) in [6.07, 6.45) is 4.97. The highest BCUT2D eigenvalue weighted by atomic mass is 16.5. The van der Waals surface area contributed by atoms with Crippen LogP contribution in [0.25, 0.3) is 6.08 Å². The third-order valence-corrected chi connectivity index (χ3v) is 3.72. The van der Waals surface area contributed by atoms with E-state index in [2.05, 4.69) is 9.97 Å². The molecule has 1 amide bonds. The molecule has 1 aromatic heterocycles. The summed E-state index contributed by atoms with van der Waals surface area (Å²) in [5.41, 5.74) is 1.83. The number of rotatable bonds is 3. The summed E-state index contributed by atoms with van der Waals surface area (Å²) >= 11 is 0. The molecule has 0 unspecified atom stereocenters. The van der Waals surface area contributed by atoms with E-state index >= 15 is 0 Å². The Labute approximate surface area is 135 Å². The molecule has 1 aromatic carbocycles. The Morgan fingerprint density at radius 1 is 1.30 bits per heavy atom. The Kier molecular flexibility index (Phi) is 4.78. The fraction of sp³-hybridized carbons (Fsp3) is 0.278. The van der Waals surface area contributed by atoms with E-state index in [0.29, 0.717) is 25.5 Å². The molecule has 3 rings (SSSR count). The van der Waals surface area contributed by atoms with Gasteiger partial charge in [0.25, 0.3) is 0 Å². The maximum absolute atomic E-state index is 12.4. The maximum Gasteiger partial charge on any atom is 0.246 e. The van der Waals surface area contributed by atoms with Crippen LogP contribution in [0, 0.1) is 6.92 Å². The molecule has 1 aliphatic rings.